The van der Waals surface area contributed by atoms with Crippen molar-refractivity contribution < 1.29 is 0 Å². The summed E-state index contributed by atoms with van der Waals surface area (Å²) < 4.78 is 1.60. The third kappa shape index (κ3) is 3.21. The lowest BCUT2D eigenvalue weighted by Gasteiger charge is -2.02. The van der Waals surface area contributed by atoms with E-state index in [1.807, 2.05) is 78.9 Å². The molecule has 3 aromatic carbocycles. The van der Waals surface area contributed by atoms with E-state index >= 15 is 0 Å². The molecule has 0 unspecified atom stereocenters. The minimum Gasteiger partial charge on any atom is -0.234 e. The second kappa shape index (κ2) is 7.59. The molecule has 5 aromatic rings. The molecule has 31 heavy (non-hydrogen) atoms. The molecule has 0 N–H and O–H groups in total. The molecule has 5 rings (SSSR count). The molecule has 0 aliphatic rings. The molecule has 5 nitrogen and oxygen atoms in total. The zero-order valence-corrected chi connectivity index (χ0v) is 16.4. The number of aromatic nitrogens is 3. The molecule has 2 aromatic heterocycles. The van der Waals surface area contributed by atoms with Crippen LogP contribution in [0.1, 0.15) is 11.1 Å². The van der Waals surface area contributed by atoms with Gasteiger partial charge in [0.25, 0.3) is 0 Å². The number of fused-ring (bicyclic) bond motifs is 1. The normalized spacial score (nSPS) is 11.4. The molecule has 5 heteroatoms. The van der Waals surface area contributed by atoms with E-state index in [4.69, 9.17) is 6.57 Å². The van der Waals surface area contributed by atoms with E-state index < -0.39 is 0 Å². The molecule has 0 aliphatic carbocycles. The first-order chi connectivity index (χ1) is 15.3. The maximum Gasteiger partial charge on any atom is 0.233 e. The molecular formula is C26H15N5. The fourth-order valence-electron chi connectivity index (χ4n) is 3.59. The highest BCUT2D eigenvalue weighted by Gasteiger charge is 2.19. The standard InChI is InChI=1S/C26H15N5/c1-28-24-22(17-27)26-29-25(30-31(26)23(24)16-18-8-4-2-5-9-18)21-14-12-20(13-15-21)19-10-6-3-7-11-19/h2-16H. The van der Waals surface area contributed by atoms with Gasteiger partial charge in [0.15, 0.2) is 11.5 Å². The largest absolute Gasteiger partial charge is 0.234 e. The van der Waals surface area contributed by atoms with Crippen LogP contribution in [-0.4, -0.2) is 14.6 Å². The van der Waals surface area contributed by atoms with Crippen LogP contribution in [0.25, 0.3) is 39.1 Å². The summed E-state index contributed by atoms with van der Waals surface area (Å²) in [5.74, 6) is 0.519. The monoisotopic (exact) mass is 397 g/mol. The van der Waals surface area contributed by atoms with Gasteiger partial charge in [0.2, 0.25) is 5.69 Å². The van der Waals surface area contributed by atoms with Crippen molar-refractivity contribution in [2.45, 2.75) is 0 Å². The molecule has 0 atom stereocenters. The topological polar surface area (TPSA) is 58.3 Å². The number of hydrogen-bond donors (Lipinski definition) is 0. The van der Waals surface area contributed by atoms with Crippen molar-refractivity contribution in [3.05, 3.63) is 113 Å². The van der Waals surface area contributed by atoms with Gasteiger partial charge in [-0.25, -0.2) is 14.3 Å². The Balaban J connectivity index is 1.65. The summed E-state index contributed by atoms with van der Waals surface area (Å²) >= 11 is 0. The second-order valence-corrected chi connectivity index (χ2v) is 7.00. The van der Waals surface area contributed by atoms with E-state index in [9.17, 15) is 5.26 Å². The van der Waals surface area contributed by atoms with Crippen LogP contribution in [-0.2, 0) is 0 Å². The predicted molar refractivity (Wildman–Crippen MR) is 120 cm³/mol. The van der Waals surface area contributed by atoms with Crippen LogP contribution >= 0.6 is 0 Å². The summed E-state index contributed by atoms with van der Waals surface area (Å²) in [4.78, 5) is 8.18. The summed E-state index contributed by atoms with van der Waals surface area (Å²) in [5.41, 5.74) is 4.94. The fraction of sp³-hybridized carbons (Fsp3) is 0. The third-order valence-corrected chi connectivity index (χ3v) is 5.12. The summed E-state index contributed by atoms with van der Waals surface area (Å²) in [6.07, 6.45) is 1.86. The highest BCUT2D eigenvalue weighted by molar-refractivity contribution is 5.77. The van der Waals surface area contributed by atoms with Gasteiger partial charge in [0.05, 0.1) is 18.0 Å². The predicted octanol–water partition coefficient (Wildman–Crippen LogP) is 5.03. The first-order valence-corrected chi connectivity index (χ1v) is 9.71. The van der Waals surface area contributed by atoms with E-state index in [1.54, 1.807) is 4.52 Å². The first kappa shape index (κ1) is 18.3. The number of nitriles is 1. The number of nitrogens with zero attached hydrogens (tertiary/aromatic N) is 5. The van der Waals surface area contributed by atoms with Gasteiger partial charge in [-0.3, -0.25) is 0 Å². The van der Waals surface area contributed by atoms with Crippen molar-refractivity contribution in [3.8, 4) is 28.6 Å². The van der Waals surface area contributed by atoms with Crippen LogP contribution in [0, 0.1) is 17.9 Å². The Bertz CT molecular complexity index is 1520. The maximum absolute atomic E-state index is 9.68. The number of benzene rings is 3. The highest BCUT2D eigenvalue weighted by atomic mass is 15.3. The van der Waals surface area contributed by atoms with Crippen molar-refractivity contribution >= 4 is 17.4 Å². The van der Waals surface area contributed by atoms with Gasteiger partial charge in [0, 0.05) is 5.56 Å². The smallest absolute Gasteiger partial charge is 0.233 e. The van der Waals surface area contributed by atoms with Crippen molar-refractivity contribution in [1.82, 2.24) is 14.6 Å². The molecule has 0 amide bonds. The van der Waals surface area contributed by atoms with Crippen LogP contribution in [0.5, 0.6) is 0 Å². The Labute approximate surface area is 179 Å². The highest BCUT2D eigenvalue weighted by Crippen LogP contribution is 2.26. The number of rotatable bonds is 3. The molecule has 2 heterocycles. The van der Waals surface area contributed by atoms with Crippen molar-refractivity contribution in [2.24, 2.45) is 0 Å². The zero-order valence-electron chi connectivity index (χ0n) is 16.4. The van der Waals surface area contributed by atoms with Crippen LogP contribution < -0.4 is 5.35 Å². The average molecular weight is 397 g/mol. The van der Waals surface area contributed by atoms with Crippen LogP contribution in [0.2, 0.25) is 0 Å². The van der Waals surface area contributed by atoms with Gasteiger partial charge >= 0.3 is 0 Å². The van der Waals surface area contributed by atoms with Gasteiger partial charge < -0.3 is 0 Å². The molecule has 0 fully saturated rings. The molecular weight excluding hydrogens is 382 g/mol. The fourth-order valence-corrected chi connectivity index (χ4v) is 3.59. The minimum atomic E-state index is 0.247. The molecule has 0 saturated heterocycles. The Morgan fingerprint density at radius 2 is 1.45 bits per heavy atom. The summed E-state index contributed by atoms with van der Waals surface area (Å²) in [6.45, 7) is 7.57. The lowest BCUT2D eigenvalue weighted by molar-refractivity contribution is 0.950. The molecule has 0 spiro atoms. The number of hydrogen-bond acceptors (Lipinski definition) is 3. The van der Waals surface area contributed by atoms with Gasteiger partial charge in [0.1, 0.15) is 5.56 Å². The molecule has 0 radical (unpaired) electrons. The van der Waals surface area contributed by atoms with E-state index in [0.717, 1.165) is 22.3 Å². The van der Waals surface area contributed by atoms with Gasteiger partial charge in [-0.1, -0.05) is 84.9 Å². The first-order valence-electron chi connectivity index (χ1n) is 9.71. The Kier molecular flexibility index (Phi) is 4.48. The average Bonchev–Trinajstić information content (AvgIpc) is 3.38. The molecule has 0 aliphatic heterocycles. The van der Waals surface area contributed by atoms with E-state index in [2.05, 4.69) is 33.1 Å². The van der Waals surface area contributed by atoms with E-state index in [-0.39, 0.29) is 11.3 Å². The van der Waals surface area contributed by atoms with Crippen molar-refractivity contribution in [2.75, 3.05) is 0 Å². The summed E-state index contributed by atoms with van der Waals surface area (Å²) in [7, 11) is 0. The summed E-state index contributed by atoms with van der Waals surface area (Å²) in [6, 6.07) is 30.0. The van der Waals surface area contributed by atoms with Gasteiger partial charge in [-0.2, -0.15) is 5.26 Å². The summed E-state index contributed by atoms with van der Waals surface area (Å²) in [5, 5.41) is 14.9. The Morgan fingerprint density at radius 3 is 2.10 bits per heavy atom. The Hall–Kier alpha value is -4.74. The van der Waals surface area contributed by atoms with Gasteiger partial charge in [-0.05, 0) is 22.8 Å². The molecule has 144 valence electrons. The SMILES string of the molecule is [C-]#[N+]c1c(C#N)c2nc(-c3ccc(-c4ccccc4)cc3)nn2c1=Cc1ccccc1. The van der Waals surface area contributed by atoms with Crippen LogP contribution in [0.3, 0.4) is 0 Å². The lowest BCUT2D eigenvalue weighted by atomic mass is 10.0. The van der Waals surface area contributed by atoms with Crippen LogP contribution in [0.4, 0.5) is 5.69 Å². The van der Waals surface area contributed by atoms with E-state index in [1.165, 1.54) is 0 Å². The maximum atomic E-state index is 9.68. The Morgan fingerprint density at radius 1 is 0.839 bits per heavy atom. The molecule has 0 bridgehead atoms. The van der Waals surface area contributed by atoms with Crippen molar-refractivity contribution in [1.29, 1.82) is 5.26 Å². The quantitative estimate of drug-likeness (QED) is 0.401. The second-order valence-electron chi connectivity index (χ2n) is 7.00. The van der Waals surface area contributed by atoms with E-state index in [0.29, 0.717) is 16.8 Å². The third-order valence-electron chi connectivity index (χ3n) is 5.12. The van der Waals surface area contributed by atoms with Crippen molar-refractivity contribution in [3.63, 3.8) is 0 Å². The minimum absolute atomic E-state index is 0.247. The molecule has 0 saturated carbocycles. The lowest BCUT2D eigenvalue weighted by Crippen LogP contribution is -2.09. The van der Waals surface area contributed by atoms with Crippen LogP contribution in [0.15, 0.2) is 84.9 Å². The zero-order chi connectivity index (χ0) is 21.2. The van der Waals surface area contributed by atoms with Gasteiger partial charge in [-0.15, -0.1) is 5.10 Å².